The Morgan fingerprint density at radius 3 is 2.69 bits per heavy atom. The molecule has 2 N–H and O–H groups in total. The molecule has 16 heavy (non-hydrogen) atoms. The number of hydrogen-bond acceptors (Lipinski definition) is 1. The molecule has 1 fully saturated rings. The number of hydrogen-bond donors (Lipinski definition) is 1. The molecule has 0 radical (unpaired) electrons. The first-order chi connectivity index (χ1) is 7.61. The van der Waals surface area contributed by atoms with E-state index in [9.17, 15) is 0 Å². The Bertz CT molecular complexity index is 513. The maximum atomic E-state index is 6.20. The summed E-state index contributed by atoms with van der Waals surface area (Å²) in [5.74, 6) is 0. The number of nitrogens with zero attached hydrogens (tertiary/aromatic N) is 1. The highest BCUT2D eigenvalue weighted by Crippen LogP contribution is 2.39. The highest BCUT2D eigenvalue weighted by Gasteiger charge is 2.39. The van der Waals surface area contributed by atoms with Crippen LogP contribution in [0.15, 0.2) is 28.7 Å². The third-order valence-corrected chi connectivity index (χ3v) is 4.46. The number of aryl methyl sites for hydroxylation is 1. The molecule has 1 aliphatic rings. The minimum atomic E-state index is 0.0602. The number of aromatic nitrogens is 1. The van der Waals surface area contributed by atoms with Crippen LogP contribution in [0.2, 0.25) is 0 Å². The smallest absolute Gasteiger partial charge is 0.0491 e. The molecule has 0 spiro atoms. The first-order valence-electron chi connectivity index (χ1n) is 5.61. The Labute approximate surface area is 104 Å². The van der Waals surface area contributed by atoms with Crippen molar-refractivity contribution in [3.63, 3.8) is 0 Å². The number of benzene rings is 1. The van der Waals surface area contributed by atoms with Gasteiger partial charge in [0.1, 0.15) is 0 Å². The van der Waals surface area contributed by atoms with Gasteiger partial charge < -0.3 is 10.3 Å². The van der Waals surface area contributed by atoms with Gasteiger partial charge in [-0.25, -0.2) is 0 Å². The van der Waals surface area contributed by atoms with E-state index in [1.54, 1.807) is 0 Å². The van der Waals surface area contributed by atoms with Crippen LogP contribution in [0.4, 0.5) is 0 Å². The van der Waals surface area contributed by atoms with Gasteiger partial charge >= 0.3 is 0 Å². The number of para-hydroxylation sites is 1. The minimum absolute atomic E-state index is 0.0602. The second-order valence-electron chi connectivity index (χ2n) is 4.88. The lowest BCUT2D eigenvalue weighted by Gasteiger charge is -2.10. The molecule has 0 unspecified atom stereocenters. The summed E-state index contributed by atoms with van der Waals surface area (Å²) in [4.78, 5) is 0. The molecule has 0 amide bonds. The van der Waals surface area contributed by atoms with E-state index in [-0.39, 0.29) is 5.54 Å². The van der Waals surface area contributed by atoms with Crippen molar-refractivity contribution in [3.8, 4) is 0 Å². The maximum absolute atomic E-state index is 6.20. The largest absolute Gasteiger partial charge is 0.346 e. The van der Waals surface area contributed by atoms with Crippen molar-refractivity contribution in [1.29, 1.82) is 0 Å². The maximum Gasteiger partial charge on any atom is 0.0491 e. The van der Waals surface area contributed by atoms with Crippen LogP contribution < -0.4 is 5.73 Å². The van der Waals surface area contributed by atoms with Gasteiger partial charge in [-0.05, 0) is 34.8 Å². The molecule has 3 rings (SSSR count). The Balaban J connectivity index is 2.16. The summed E-state index contributed by atoms with van der Waals surface area (Å²) >= 11 is 3.71. The summed E-state index contributed by atoms with van der Waals surface area (Å²) in [6.07, 6.45) is 3.28. The van der Waals surface area contributed by atoms with Crippen LogP contribution in [0.5, 0.6) is 0 Å². The quantitative estimate of drug-likeness (QED) is 0.900. The fourth-order valence-corrected chi connectivity index (χ4v) is 3.01. The van der Waals surface area contributed by atoms with Crippen LogP contribution >= 0.6 is 15.9 Å². The molecule has 0 saturated heterocycles. The second kappa shape index (κ2) is 3.34. The summed E-state index contributed by atoms with van der Waals surface area (Å²) in [5.41, 5.74) is 8.86. The van der Waals surface area contributed by atoms with E-state index in [0.29, 0.717) is 0 Å². The van der Waals surface area contributed by atoms with Crippen LogP contribution in [0.3, 0.4) is 0 Å². The number of rotatable bonds is 2. The van der Waals surface area contributed by atoms with Crippen molar-refractivity contribution in [1.82, 2.24) is 4.57 Å². The monoisotopic (exact) mass is 278 g/mol. The third-order valence-electron chi connectivity index (χ3n) is 3.57. The second-order valence-corrected chi connectivity index (χ2v) is 5.67. The molecule has 84 valence electrons. The van der Waals surface area contributed by atoms with Crippen molar-refractivity contribution in [2.75, 3.05) is 0 Å². The Hall–Kier alpha value is -0.800. The van der Waals surface area contributed by atoms with Gasteiger partial charge in [-0.1, -0.05) is 18.2 Å². The fraction of sp³-hybridized carbons (Fsp3) is 0.385. The molecule has 1 aromatic heterocycles. The average Bonchev–Trinajstić information content (AvgIpc) is 2.97. The lowest BCUT2D eigenvalue weighted by Crippen LogP contribution is -2.25. The van der Waals surface area contributed by atoms with Gasteiger partial charge in [-0.3, -0.25) is 0 Å². The van der Waals surface area contributed by atoms with E-state index in [4.69, 9.17) is 5.73 Å². The van der Waals surface area contributed by atoms with Gasteiger partial charge in [0.05, 0.1) is 0 Å². The summed E-state index contributed by atoms with van der Waals surface area (Å²) in [7, 11) is 2.12. The highest BCUT2D eigenvalue weighted by molar-refractivity contribution is 9.10. The van der Waals surface area contributed by atoms with E-state index in [0.717, 1.165) is 19.3 Å². The lowest BCUT2D eigenvalue weighted by molar-refractivity contribution is 0.639. The van der Waals surface area contributed by atoms with E-state index in [2.05, 4.69) is 51.8 Å². The van der Waals surface area contributed by atoms with Crippen molar-refractivity contribution >= 4 is 26.8 Å². The van der Waals surface area contributed by atoms with Crippen molar-refractivity contribution in [2.24, 2.45) is 12.8 Å². The predicted octanol–water partition coefficient (Wildman–Crippen LogP) is 2.97. The predicted molar refractivity (Wildman–Crippen MR) is 70.5 cm³/mol. The molecule has 3 heteroatoms. The van der Waals surface area contributed by atoms with Gasteiger partial charge in [0.25, 0.3) is 0 Å². The fourth-order valence-electron chi connectivity index (χ4n) is 2.27. The molecule has 1 heterocycles. The molecule has 0 aliphatic heterocycles. The standard InChI is InChI=1S/C13H15BrN2/c1-16-10-5-3-2-4-9(10)12(14)11(16)8-13(15)6-7-13/h2-5H,6-8,15H2,1H3. The van der Waals surface area contributed by atoms with Crippen molar-refractivity contribution in [3.05, 3.63) is 34.4 Å². The summed E-state index contributed by atoms with van der Waals surface area (Å²) in [5, 5.41) is 1.28. The summed E-state index contributed by atoms with van der Waals surface area (Å²) in [6, 6.07) is 8.46. The van der Waals surface area contributed by atoms with Crippen molar-refractivity contribution < 1.29 is 0 Å². The number of nitrogens with two attached hydrogens (primary N) is 1. The van der Waals surface area contributed by atoms with Gasteiger partial charge in [0.15, 0.2) is 0 Å². The summed E-state index contributed by atoms with van der Waals surface area (Å²) in [6.45, 7) is 0. The topological polar surface area (TPSA) is 30.9 Å². The summed E-state index contributed by atoms with van der Waals surface area (Å²) < 4.78 is 3.47. The first kappa shape index (κ1) is 10.4. The normalized spacial score (nSPS) is 17.9. The van der Waals surface area contributed by atoms with Crippen LogP contribution in [-0.4, -0.2) is 10.1 Å². The zero-order valence-electron chi connectivity index (χ0n) is 9.33. The number of halogens is 1. The highest BCUT2D eigenvalue weighted by atomic mass is 79.9. The average molecular weight is 279 g/mol. The van der Waals surface area contributed by atoms with Crippen LogP contribution in [0.1, 0.15) is 18.5 Å². The third kappa shape index (κ3) is 1.50. The molecular formula is C13H15BrN2. The molecule has 2 aromatic rings. The molecule has 0 atom stereocenters. The number of fused-ring (bicyclic) bond motifs is 1. The molecule has 1 saturated carbocycles. The van der Waals surface area contributed by atoms with E-state index >= 15 is 0 Å². The minimum Gasteiger partial charge on any atom is -0.346 e. The zero-order valence-corrected chi connectivity index (χ0v) is 10.9. The Morgan fingerprint density at radius 2 is 2.06 bits per heavy atom. The van der Waals surface area contributed by atoms with Crippen LogP contribution in [0.25, 0.3) is 10.9 Å². The van der Waals surface area contributed by atoms with Gasteiger partial charge in [-0.2, -0.15) is 0 Å². The molecule has 0 bridgehead atoms. The van der Waals surface area contributed by atoms with Crippen molar-refractivity contribution in [2.45, 2.75) is 24.8 Å². The molecule has 2 nitrogen and oxygen atoms in total. The lowest BCUT2D eigenvalue weighted by atomic mass is 10.1. The Morgan fingerprint density at radius 1 is 1.38 bits per heavy atom. The first-order valence-corrected chi connectivity index (χ1v) is 6.41. The van der Waals surface area contributed by atoms with Gasteiger partial charge in [0, 0.05) is 40.1 Å². The zero-order chi connectivity index (χ0) is 11.3. The molecule has 1 aromatic carbocycles. The Kier molecular flexibility index (Phi) is 2.17. The van der Waals surface area contributed by atoms with E-state index < -0.39 is 0 Å². The molecule has 1 aliphatic carbocycles. The van der Waals surface area contributed by atoms with E-state index in [1.165, 1.54) is 21.1 Å². The van der Waals surface area contributed by atoms with Gasteiger partial charge in [-0.15, -0.1) is 0 Å². The van der Waals surface area contributed by atoms with Crippen LogP contribution in [0, 0.1) is 0 Å². The molecular weight excluding hydrogens is 264 g/mol. The SMILES string of the molecule is Cn1c(CC2(N)CC2)c(Br)c2ccccc21. The van der Waals surface area contributed by atoms with Gasteiger partial charge in [0.2, 0.25) is 0 Å². The van der Waals surface area contributed by atoms with Crippen LogP contribution in [-0.2, 0) is 13.5 Å². The van der Waals surface area contributed by atoms with E-state index in [1.807, 2.05) is 0 Å².